The smallest absolute Gasteiger partial charge is 0.410 e. The van der Waals surface area contributed by atoms with E-state index in [-0.39, 0.29) is 55.0 Å². The molecule has 2 rings (SSSR count). The zero-order valence-electron chi connectivity index (χ0n) is 54.9. The number of nitrogens with zero attached hydrogens (tertiary/aromatic N) is 3. The second kappa shape index (κ2) is 43.0. The van der Waals surface area contributed by atoms with Crippen molar-refractivity contribution in [3.05, 3.63) is 35.9 Å². The van der Waals surface area contributed by atoms with Crippen LogP contribution in [0.4, 0.5) is 9.59 Å². The van der Waals surface area contributed by atoms with E-state index in [9.17, 15) is 28.8 Å². The maximum Gasteiger partial charge on any atom is 0.410 e. The van der Waals surface area contributed by atoms with Crippen molar-refractivity contribution in [3.8, 4) is 0 Å². The van der Waals surface area contributed by atoms with Gasteiger partial charge in [-0.25, -0.2) is 9.59 Å². The number of likely N-dealkylation sites (N-methyl/N-ethyl adjacent to an activating group) is 2. The van der Waals surface area contributed by atoms with E-state index in [0.29, 0.717) is 124 Å². The highest BCUT2D eigenvalue weighted by molar-refractivity contribution is 5.92. The highest BCUT2D eigenvalue weighted by Crippen LogP contribution is 2.31. The number of hydrogen-bond acceptors (Lipinski definition) is 18. The van der Waals surface area contributed by atoms with Crippen LogP contribution in [0, 0.1) is 23.7 Å². The fourth-order valence-electron chi connectivity index (χ4n) is 10.1. The number of carbonyl (C=O) groups excluding carboxylic acids is 6. The highest BCUT2D eigenvalue weighted by atomic mass is 16.6. The normalized spacial score (nSPS) is 16.8. The first-order valence-corrected chi connectivity index (χ1v) is 30.7. The number of benzene rings is 1. The van der Waals surface area contributed by atoms with Crippen LogP contribution in [0.2, 0.25) is 0 Å². The van der Waals surface area contributed by atoms with Crippen molar-refractivity contribution in [3.63, 3.8) is 0 Å². The molecule has 0 bridgehead atoms. The first-order valence-electron chi connectivity index (χ1n) is 30.7. The van der Waals surface area contributed by atoms with Gasteiger partial charge in [-0.3, -0.25) is 24.1 Å². The van der Waals surface area contributed by atoms with Gasteiger partial charge in [-0.05, 0) is 63.9 Å². The van der Waals surface area contributed by atoms with E-state index in [1.54, 1.807) is 58.6 Å². The number of alkyl carbamates (subject to hydrolysis) is 1. The van der Waals surface area contributed by atoms with Crippen molar-refractivity contribution >= 4 is 35.8 Å². The molecule has 1 saturated heterocycles. The highest BCUT2D eigenvalue weighted by Gasteiger charge is 2.44. The van der Waals surface area contributed by atoms with Crippen molar-refractivity contribution < 1.29 is 85.6 Å². The molecule has 496 valence electrons. The molecule has 10 atom stereocenters. The molecule has 6 amide bonds. The maximum absolute atomic E-state index is 14.6. The zero-order chi connectivity index (χ0) is 64.2. The topological polar surface area (TPSA) is 259 Å². The summed E-state index contributed by atoms with van der Waals surface area (Å²) in [5.41, 5.74) is -0.106. The number of nitrogens with one attached hydrogen (secondary N) is 3. The van der Waals surface area contributed by atoms with Gasteiger partial charge in [-0.1, -0.05) is 85.2 Å². The summed E-state index contributed by atoms with van der Waals surface area (Å²) in [5, 5.41) is 8.74. The Kier molecular flexibility index (Phi) is 38.7. The van der Waals surface area contributed by atoms with Crippen LogP contribution in [0.3, 0.4) is 0 Å². The van der Waals surface area contributed by atoms with Crippen LogP contribution in [-0.2, 0) is 76.0 Å². The van der Waals surface area contributed by atoms with Crippen molar-refractivity contribution in [1.29, 1.82) is 0 Å². The Hall–Kier alpha value is -4.76. The monoisotopic (exact) mass is 1230 g/mol. The molecule has 0 aliphatic carbocycles. The van der Waals surface area contributed by atoms with Gasteiger partial charge in [-0.2, -0.15) is 0 Å². The van der Waals surface area contributed by atoms with Crippen LogP contribution >= 0.6 is 0 Å². The molecule has 86 heavy (non-hydrogen) atoms. The Balaban J connectivity index is 1.95. The van der Waals surface area contributed by atoms with Crippen molar-refractivity contribution in [2.45, 2.75) is 156 Å². The van der Waals surface area contributed by atoms with Crippen LogP contribution in [0.5, 0.6) is 0 Å². The molecule has 3 N–H and O–H groups in total. The van der Waals surface area contributed by atoms with E-state index in [2.05, 4.69) is 16.0 Å². The second-order valence-electron chi connectivity index (χ2n) is 23.3. The van der Waals surface area contributed by atoms with E-state index in [4.69, 9.17) is 56.8 Å². The molecular weight excluding hydrogens is 1120 g/mol. The molecule has 24 nitrogen and oxygen atoms in total. The Labute approximate surface area is 513 Å². The number of methoxy groups -OCH3 is 3. The minimum Gasteiger partial charge on any atom is -0.444 e. The van der Waals surface area contributed by atoms with Gasteiger partial charge in [0.15, 0.2) is 0 Å². The largest absolute Gasteiger partial charge is 0.444 e. The summed E-state index contributed by atoms with van der Waals surface area (Å²) in [6.45, 7) is 27.2. The number of ether oxygens (including phenoxy) is 12. The van der Waals surface area contributed by atoms with Gasteiger partial charge in [-0.15, -0.1) is 0 Å². The van der Waals surface area contributed by atoms with Gasteiger partial charge >= 0.3 is 12.2 Å². The molecule has 0 aromatic heterocycles. The quantitative estimate of drug-likeness (QED) is 0.0664. The lowest BCUT2D eigenvalue weighted by atomic mass is 9.89. The maximum atomic E-state index is 14.6. The van der Waals surface area contributed by atoms with Crippen LogP contribution in [0.25, 0.3) is 0 Å². The summed E-state index contributed by atoms with van der Waals surface area (Å²) >= 11 is 0. The third-order valence-electron chi connectivity index (χ3n) is 14.9. The molecule has 0 saturated carbocycles. The summed E-state index contributed by atoms with van der Waals surface area (Å²) in [4.78, 5) is 88.3. The predicted octanol–water partition coefficient (Wildman–Crippen LogP) is 5.67. The van der Waals surface area contributed by atoms with Crippen molar-refractivity contribution in [2.75, 3.05) is 148 Å². The van der Waals surface area contributed by atoms with E-state index in [1.165, 1.54) is 26.2 Å². The van der Waals surface area contributed by atoms with Gasteiger partial charge in [0, 0.05) is 48.5 Å². The first-order chi connectivity index (χ1) is 40.9. The molecule has 1 heterocycles. The summed E-state index contributed by atoms with van der Waals surface area (Å²) < 4.78 is 67.1. The van der Waals surface area contributed by atoms with Crippen molar-refractivity contribution in [1.82, 2.24) is 30.7 Å². The fourth-order valence-corrected chi connectivity index (χ4v) is 10.1. The standard InChI is InChI=1S/C62H110N6O18/c1-17-45(6)54(66(12)59(72)52(43(2)3)65-58(71)53(44(4)5)67(13)61(74)86-62(9,10)11)50(76-15)42-51(69)68-26-21-24-49(68)55(77-16)46(7)57(70)64-47(8)56(48-22-19-18-20-23-48)85-60(73)63-25-27-78-30-31-80-34-35-82-38-39-84-41-40-83-37-36-81-33-32-79-29-28-75-14/h18-20,22-23,43-47,49-50,52-56H,17,21,24-42H2,1-16H3,(H,63,73)(H,64,70)(H,65,71)/t45-,46+,47+,49-,50+,52-,53-,54-,55+,56+/m0/s1. The molecule has 1 aromatic rings. The zero-order valence-corrected chi connectivity index (χ0v) is 54.9. The molecule has 0 radical (unpaired) electrons. The van der Waals surface area contributed by atoms with Crippen molar-refractivity contribution in [2.24, 2.45) is 23.7 Å². The molecule has 1 aliphatic rings. The average Bonchev–Trinajstić information content (AvgIpc) is 4.10. The summed E-state index contributed by atoms with van der Waals surface area (Å²) in [6, 6.07) is 5.52. The molecular formula is C62H110N6O18. The number of likely N-dealkylation sites (tertiary alicyclic amines) is 1. The number of amides is 6. The predicted molar refractivity (Wildman–Crippen MR) is 324 cm³/mol. The minimum atomic E-state index is -0.967. The SMILES string of the molecule is CC[C@H](C)[C@@H]([C@@H](CC(=O)N1CCC[C@H]1[C@H](OC)[C@@H](C)C(=O)N[C@H](C)[C@@H](OC(=O)NCCOCCOCCOCCOCCOCCOCCOCCOC)c1ccccc1)OC)N(C)C(=O)[C@@H](NC(=O)[C@H](C(C)C)N(C)C(=O)OC(C)(C)C)C(C)C. The lowest BCUT2D eigenvalue weighted by Gasteiger charge is -2.41. The lowest BCUT2D eigenvalue weighted by molar-refractivity contribution is -0.148. The minimum absolute atomic E-state index is 0.0699. The van der Waals surface area contributed by atoms with Crippen LogP contribution in [0.15, 0.2) is 30.3 Å². The van der Waals surface area contributed by atoms with Crippen LogP contribution in [0.1, 0.15) is 114 Å². The fraction of sp³-hybridized carbons (Fsp3) is 0.806. The van der Waals surface area contributed by atoms with E-state index < -0.39 is 78.1 Å². The number of hydrogen-bond donors (Lipinski definition) is 3. The molecule has 1 aromatic carbocycles. The summed E-state index contributed by atoms with van der Waals surface area (Å²) in [5.74, 6) is -2.95. The molecule has 1 fully saturated rings. The van der Waals surface area contributed by atoms with E-state index >= 15 is 0 Å². The van der Waals surface area contributed by atoms with Gasteiger partial charge in [0.1, 0.15) is 23.8 Å². The summed E-state index contributed by atoms with van der Waals surface area (Å²) in [7, 11) is 7.86. The summed E-state index contributed by atoms with van der Waals surface area (Å²) in [6.07, 6.45) is -1.81. The van der Waals surface area contributed by atoms with Gasteiger partial charge in [0.2, 0.25) is 23.6 Å². The Morgan fingerprint density at radius 1 is 0.651 bits per heavy atom. The number of rotatable bonds is 45. The second-order valence-corrected chi connectivity index (χ2v) is 23.3. The number of carbonyl (C=O) groups is 6. The third kappa shape index (κ3) is 28.6. The third-order valence-corrected chi connectivity index (χ3v) is 14.9. The lowest BCUT2D eigenvalue weighted by Crippen LogP contribution is -2.60. The molecule has 24 heteroatoms. The Bertz CT molecular complexity index is 2050. The Morgan fingerprint density at radius 3 is 1.62 bits per heavy atom. The van der Waals surface area contributed by atoms with E-state index in [1.807, 2.05) is 71.9 Å². The van der Waals surface area contributed by atoms with Crippen LogP contribution in [-0.4, -0.2) is 246 Å². The van der Waals surface area contributed by atoms with Gasteiger partial charge in [0.25, 0.3) is 0 Å². The molecule has 1 aliphatic heterocycles. The van der Waals surface area contributed by atoms with Crippen LogP contribution < -0.4 is 16.0 Å². The first kappa shape index (κ1) is 77.3. The van der Waals surface area contributed by atoms with Gasteiger partial charge in [0.05, 0.1) is 142 Å². The average molecular weight is 1230 g/mol. The Morgan fingerprint density at radius 2 is 1.16 bits per heavy atom. The molecule has 0 unspecified atom stereocenters. The van der Waals surface area contributed by atoms with Gasteiger partial charge < -0.3 is 82.6 Å². The van der Waals surface area contributed by atoms with E-state index in [0.717, 1.165) is 0 Å². The molecule has 0 spiro atoms.